The average molecular weight is 373 g/mol. The molecule has 0 aromatic heterocycles. The molecule has 7 heteroatoms. The molecular weight excluding hydrogens is 346 g/mol. The molecule has 27 heavy (non-hydrogen) atoms. The maximum absolute atomic E-state index is 13.2. The maximum atomic E-state index is 13.2. The Morgan fingerprint density at radius 2 is 1.85 bits per heavy atom. The molecule has 4 rings (SSSR count). The van der Waals surface area contributed by atoms with Crippen LogP contribution in [0.15, 0.2) is 24.3 Å². The quantitative estimate of drug-likeness (QED) is 0.769. The summed E-state index contributed by atoms with van der Waals surface area (Å²) in [5.74, 6) is -0.116. The van der Waals surface area contributed by atoms with E-state index < -0.39 is 6.10 Å². The van der Waals surface area contributed by atoms with Crippen LogP contribution in [0.3, 0.4) is 0 Å². The first-order valence-electron chi connectivity index (χ1n) is 9.59. The summed E-state index contributed by atoms with van der Waals surface area (Å²) in [4.78, 5) is 31.3. The van der Waals surface area contributed by atoms with Gasteiger partial charge in [-0.05, 0) is 18.1 Å². The minimum atomic E-state index is -0.653. The number of hydrogen-bond acceptors (Lipinski definition) is 5. The molecule has 0 N–H and O–H groups in total. The summed E-state index contributed by atoms with van der Waals surface area (Å²) >= 11 is 0. The van der Waals surface area contributed by atoms with Crippen LogP contribution in [0.25, 0.3) is 0 Å². The highest BCUT2D eigenvalue weighted by atomic mass is 16.5. The molecule has 146 valence electrons. The Kier molecular flexibility index (Phi) is 5.16. The molecule has 7 nitrogen and oxygen atoms in total. The molecule has 2 atom stereocenters. The molecule has 0 radical (unpaired) electrons. The van der Waals surface area contributed by atoms with E-state index >= 15 is 0 Å². The van der Waals surface area contributed by atoms with E-state index in [0.717, 1.165) is 50.5 Å². The van der Waals surface area contributed by atoms with Crippen molar-refractivity contribution >= 4 is 11.8 Å². The van der Waals surface area contributed by atoms with Crippen LogP contribution in [0.1, 0.15) is 17.2 Å². The van der Waals surface area contributed by atoms with Crippen molar-refractivity contribution in [2.24, 2.45) is 0 Å². The van der Waals surface area contributed by atoms with Crippen molar-refractivity contribution in [1.29, 1.82) is 0 Å². The molecule has 1 aromatic rings. The zero-order valence-electron chi connectivity index (χ0n) is 16.0. The third kappa shape index (κ3) is 3.47. The van der Waals surface area contributed by atoms with E-state index in [0.29, 0.717) is 6.04 Å². The summed E-state index contributed by atoms with van der Waals surface area (Å²) in [6.45, 7) is 6.77. The number of aryl methyl sites for hydroxylation is 1. The average Bonchev–Trinajstić information content (AvgIpc) is 2.64. The maximum Gasteiger partial charge on any atom is 0.254 e. The summed E-state index contributed by atoms with van der Waals surface area (Å²) in [6.07, 6.45) is -0.653. The smallest absolute Gasteiger partial charge is 0.254 e. The number of nitrogens with zero attached hydrogens (tertiary/aromatic N) is 3. The summed E-state index contributed by atoms with van der Waals surface area (Å²) in [5, 5.41) is 0. The van der Waals surface area contributed by atoms with E-state index in [1.807, 2.05) is 36.1 Å². The lowest BCUT2D eigenvalue weighted by Gasteiger charge is -2.49. The van der Waals surface area contributed by atoms with E-state index in [1.165, 1.54) is 0 Å². The van der Waals surface area contributed by atoms with Crippen LogP contribution in [0.2, 0.25) is 0 Å². The van der Waals surface area contributed by atoms with Gasteiger partial charge >= 0.3 is 0 Å². The fourth-order valence-corrected chi connectivity index (χ4v) is 4.20. The molecule has 3 aliphatic heterocycles. The van der Waals surface area contributed by atoms with Gasteiger partial charge in [-0.25, -0.2) is 0 Å². The SMILES string of the molecule is Cc1ccccc1[C@@H]1[C@@H](C(=O)N2CC(N3CCOCC3)C2)OCC(=O)N1C. The number of amides is 2. The molecule has 0 aliphatic carbocycles. The van der Waals surface area contributed by atoms with E-state index in [9.17, 15) is 9.59 Å². The van der Waals surface area contributed by atoms with Crippen LogP contribution in [0.5, 0.6) is 0 Å². The summed E-state index contributed by atoms with van der Waals surface area (Å²) in [5.41, 5.74) is 2.02. The minimum Gasteiger partial charge on any atom is -0.379 e. The van der Waals surface area contributed by atoms with Gasteiger partial charge < -0.3 is 19.3 Å². The lowest BCUT2D eigenvalue weighted by molar-refractivity contribution is -0.172. The van der Waals surface area contributed by atoms with Crippen LogP contribution in [-0.2, 0) is 19.1 Å². The van der Waals surface area contributed by atoms with Gasteiger partial charge in [-0.15, -0.1) is 0 Å². The number of benzene rings is 1. The van der Waals surface area contributed by atoms with Crippen LogP contribution in [-0.4, -0.2) is 91.7 Å². The van der Waals surface area contributed by atoms with Gasteiger partial charge in [-0.2, -0.15) is 0 Å². The lowest BCUT2D eigenvalue weighted by Crippen LogP contribution is -2.66. The second kappa shape index (κ2) is 7.58. The van der Waals surface area contributed by atoms with Gasteiger partial charge in [-0.3, -0.25) is 14.5 Å². The number of likely N-dealkylation sites (tertiary alicyclic amines) is 1. The minimum absolute atomic E-state index is 0.0212. The second-order valence-electron chi connectivity index (χ2n) is 7.58. The summed E-state index contributed by atoms with van der Waals surface area (Å²) in [6, 6.07) is 7.89. The largest absolute Gasteiger partial charge is 0.379 e. The zero-order valence-corrected chi connectivity index (χ0v) is 16.0. The van der Waals surface area contributed by atoms with Gasteiger partial charge in [0.1, 0.15) is 6.61 Å². The van der Waals surface area contributed by atoms with Crippen molar-refractivity contribution in [2.45, 2.75) is 25.1 Å². The van der Waals surface area contributed by atoms with Crippen molar-refractivity contribution in [3.05, 3.63) is 35.4 Å². The van der Waals surface area contributed by atoms with E-state index in [1.54, 1.807) is 11.9 Å². The Morgan fingerprint density at radius 1 is 1.15 bits per heavy atom. The first-order chi connectivity index (χ1) is 13.1. The molecule has 2 amide bonds. The van der Waals surface area contributed by atoms with Crippen molar-refractivity contribution in [1.82, 2.24) is 14.7 Å². The van der Waals surface area contributed by atoms with Crippen molar-refractivity contribution < 1.29 is 19.1 Å². The molecule has 0 unspecified atom stereocenters. The monoisotopic (exact) mass is 373 g/mol. The fraction of sp³-hybridized carbons (Fsp3) is 0.600. The molecule has 0 spiro atoms. The fourth-order valence-electron chi connectivity index (χ4n) is 4.20. The van der Waals surface area contributed by atoms with Crippen LogP contribution in [0.4, 0.5) is 0 Å². The first kappa shape index (κ1) is 18.4. The highest BCUT2D eigenvalue weighted by molar-refractivity contribution is 5.87. The molecule has 3 heterocycles. The van der Waals surface area contributed by atoms with Crippen LogP contribution >= 0.6 is 0 Å². The van der Waals surface area contributed by atoms with Gasteiger partial charge in [0.05, 0.1) is 19.3 Å². The molecule has 3 aliphatic rings. The highest BCUT2D eigenvalue weighted by Gasteiger charge is 2.45. The zero-order chi connectivity index (χ0) is 19.0. The first-order valence-corrected chi connectivity index (χ1v) is 9.59. The predicted octanol–water partition coefficient (Wildman–Crippen LogP) is 0.436. The number of ether oxygens (including phenoxy) is 2. The normalized spacial score (nSPS) is 27.6. The van der Waals surface area contributed by atoms with E-state index in [-0.39, 0.29) is 24.5 Å². The third-order valence-electron chi connectivity index (χ3n) is 5.97. The van der Waals surface area contributed by atoms with Gasteiger partial charge in [0.25, 0.3) is 5.91 Å². The van der Waals surface area contributed by atoms with Crippen molar-refractivity contribution in [3.63, 3.8) is 0 Å². The number of carbonyl (C=O) groups excluding carboxylic acids is 2. The van der Waals surface area contributed by atoms with E-state index in [4.69, 9.17) is 9.47 Å². The second-order valence-corrected chi connectivity index (χ2v) is 7.58. The number of rotatable bonds is 3. The van der Waals surface area contributed by atoms with Gasteiger partial charge in [0.2, 0.25) is 5.91 Å². The summed E-state index contributed by atoms with van der Waals surface area (Å²) < 4.78 is 11.2. The Hall–Kier alpha value is -1.96. The molecule has 0 saturated carbocycles. The van der Waals surface area contributed by atoms with Gasteiger partial charge in [-0.1, -0.05) is 24.3 Å². The van der Waals surface area contributed by atoms with Gasteiger partial charge in [0.15, 0.2) is 6.10 Å². The standard InChI is InChI=1S/C20H27N3O4/c1-14-5-3-4-6-16(14)18-19(27-13-17(24)21(18)2)20(25)23-11-15(12-23)22-7-9-26-10-8-22/h3-6,15,18-19H,7-13H2,1-2H3/t18-,19+/m1/s1. The number of morpholine rings is 2. The topological polar surface area (TPSA) is 62.3 Å². The Balaban J connectivity index is 1.48. The van der Waals surface area contributed by atoms with Crippen LogP contribution < -0.4 is 0 Å². The molecule has 0 bridgehead atoms. The number of carbonyl (C=O) groups is 2. The Labute approximate surface area is 159 Å². The van der Waals surface area contributed by atoms with Crippen LogP contribution in [0, 0.1) is 6.92 Å². The number of likely N-dealkylation sites (N-methyl/N-ethyl adjacent to an activating group) is 1. The molecule has 3 fully saturated rings. The molecular formula is C20H27N3O4. The predicted molar refractivity (Wildman–Crippen MR) is 99.2 cm³/mol. The number of hydrogen-bond donors (Lipinski definition) is 0. The van der Waals surface area contributed by atoms with E-state index in [2.05, 4.69) is 4.90 Å². The highest BCUT2D eigenvalue weighted by Crippen LogP contribution is 2.33. The molecule has 3 saturated heterocycles. The van der Waals surface area contributed by atoms with Crippen molar-refractivity contribution in [3.8, 4) is 0 Å². The third-order valence-corrected chi connectivity index (χ3v) is 5.97. The Bertz CT molecular complexity index is 713. The van der Waals surface area contributed by atoms with Gasteiger partial charge in [0, 0.05) is 39.3 Å². The Morgan fingerprint density at radius 3 is 2.56 bits per heavy atom. The summed E-state index contributed by atoms with van der Waals surface area (Å²) in [7, 11) is 1.76. The van der Waals surface area contributed by atoms with Crippen molar-refractivity contribution in [2.75, 3.05) is 53.0 Å². The lowest BCUT2D eigenvalue weighted by atomic mass is 9.92. The molecule has 1 aromatic carbocycles.